The van der Waals surface area contributed by atoms with Gasteiger partial charge in [-0.3, -0.25) is 0 Å². The van der Waals surface area contributed by atoms with Crippen molar-refractivity contribution in [2.45, 2.75) is 20.3 Å². The lowest BCUT2D eigenvalue weighted by Gasteiger charge is -2.00. The fourth-order valence-electron chi connectivity index (χ4n) is 0.443. The predicted molar refractivity (Wildman–Crippen MR) is 35.7 cm³/mol. The fraction of sp³-hybridized carbons (Fsp3) is 0.714. The minimum atomic E-state index is 0.296. The largest absolute Gasteiger partial charge is 0.396 e. The van der Waals surface area contributed by atoms with Gasteiger partial charge in [0, 0.05) is 6.61 Å². The Morgan fingerprint density at radius 2 is 2.25 bits per heavy atom. The number of hydrogen-bond donors (Lipinski definition) is 1. The van der Waals surface area contributed by atoms with Gasteiger partial charge in [0.1, 0.15) is 0 Å². The summed E-state index contributed by atoms with van der Waals surface area (Å²) in [4.78, 5) is 0. The van der Waals surface area contributed by atoms with Crippen LogP contribution in [-0.4, -0.2) is 11.7 Å². The van der Waals surface area contributed by atoms with E-state index >= 15 is 0 Å². The molecule has 0 aliphatic rings. The Bertz CT molecular complexity index is 66.8. The molecule has 0 saturated carbocycles. The molecule has 0 aromatic rings. The van der Waals surface area contributed by atoms with Gasteiger partial charge in [0.15, 0.2) is 0 Å². The molecule has 0 fully saturated rings. The van der Waals surface area contributed by atoms with Crippen molar-refractivity contribution >= 4 is 0 Å². The minimum absolute atomic E-state index is 0.296. The molecule has 0 spiro atoms. The summed E-state index contributed by atoms with van der Waals surface area (Å²) >= 11 is 0. The van der Waals surface area contributed by atoms with E-state index in [1.807, 2.05) is 19.9 Å². The Labute approximate surface area is 51.0 Å². The van der Waals surface area contributed by atoms with Crippen LogP contribution in [0.3, 0.4) is 0 Å². The van der Waals surface area contributed by atoms with Gasteiger partial charge in [-0.2, -0.15) is 0 Å². The molecule has 0 saturated heterocycles. The molecule has 0 aromatic heterocycles. The van der Waals surface area contributed by atoms with Crippen LogP contribution in [-0.2, 0) is 0 Å². The van der Waals surface area contributed by atoms with Gasteiger partial charge in [0.05, 0.1) is 0 Å². The lowest BCUT2D eigenvalue weighted by Crippen LogP contribution is -1.97. The van der Waals surface area contributed by atoms with Gasteiger partial charge < -0.3 is 5.11 Å². The SMILES string of the molecule is C/C=C\C[C@@H](C)CO. The van der Waals surface area contributed by atoms with Gasteiger partial charge in [-0.05, 0) is 19.3 Å². The van der Waals surface area contributed by atoms with Gasteiger partial charge in [-0.1, -0.05) is 19.1 Å². The fourth-order valence-corrected chi connectivity index (χ4v) is 0.443. The van der Waals surface area contributed by atoms with Crippen LogP contribution in [0.25, 0.3) is 0 Å². The third-order valence-electron chi connectivity index (χ3n) is 1.09. The van der Waals surface area contributed by atoms with Gasteiger partial charge in [0.25, 0.3) is 0 Å². The van der Waals surface area contributed by atoms with Crippen LogP contribution >= 0.6 is 0 Å². The van der Waals surface area contributed by atoms with Crippen molar-refractivity contribution in [3.05, 3.63) is 12.2 Å². The number of aliphatic hydroxyl groups excluding tert-OH is 1. The first-order valence-corrected chi connectivity index (χ1v) is 3.03. The summed E-state index contributed by atoms with van der Waals surface area (Å²) in [6.45, 7) is 4.31. The molecule has 1 N–H and O–H groups in total. The molecular weight excluding hydrogens is 100 g/mol. The molecule has 48 valence electrons. The summed E-state index contributed by atoms with van der Waals surface area (Å²) in [6, 6.07) is 0. The summed E-state index contributed by atoms with van der Waals surface area (Å²) in [5, 5.41) is 8.53. The van der Waals surface area contributed by atoms with E-state index in [0.29, 0.717) is 12.5 Å². The maximum atomic E-state index is 8.53. The highest BCUT2D eigenvalue weighted by Gasteiger charge is 1.92. The van der Waals surface area contributed by atoms with E-state index in [4.69, 9.17) is 5.11 Å². The maximum Gasteiger partial charge on any atom is 0.0459 e. The predicted octanol–water partition coefficient (Wildman–Crippen LogP) is 1.58. The first-order chi connectivity index (χ1) is 3.81. The normalized spacial score (nSPS) is 14.9. The van der Waals surface area contributed by atoms with Crippen LogP contribution in [0, 0.1) is 5.92 Å². The van der Waals surface area contributed by atoms with Crippen LogP contribution in [0.5, 0.6) is 0 Å². The van der Waals surface area contributed by atoms with Crippen LogP contribution in [0.2, 0.25) is 0 Å². The summed E-state index contributed by atoms with van der Waals surface area (Å²) in [7, 11) is 0. The maximum absolute atomic E-state index is 8.53. The first-order valence-electron chi connectivity index (χ1n) is 3.03. The summed E-state index contributed by atoms with van der Waals surface area (Å²) in [5.41, 5.74) is 0. The van der Waals surface area contributed by atoms with Crippen molar-refractivity contribution in [3.63, 3.8) is 0 Å². The zero-order valence-electron chi connectivity index (χ0n) is 5.59. The topological polar surface area (TPSA) is 20.2 Å². The molecule has 0 amide bonds. The average Bonchev–Trinajstić information content (AvgIpc) is 1.83. The number of rotatable bonds is 3. The second-order valence-corrected chi connectivity index (χ2v) is 2.09. The van der Waals surface area contributed by atoms with Gasteiger partial charge in [0.2, 0.25) is 0 Å². The smallest absolute Gasteiger partial charge is 0.0459 e. The lowest BCUT2D eigenvalue weighted by molar-refractivity contribution is 0.239. The van der Waals surface area contributed by atoms with Crippen molar-refractivity contribution < 1.29 is 5.11 Å². The Balaban J connectivity index is 3.10. The monoisotopic (exact) mass is 114 g/mol. The number of hydrogen-bond acceptors (Lipinski definition) is 1. The molecule has 1 atom stereocenters. The first kappa shape index (κ1) is 7.70. The molecule has 0 rings (SSSR count). The van der Waals surface area contributed by atoms with Gasteiger partial charge >= 0.3 is 0 Å². The minimum Gasteiger partial charge on any atom is -0.396 e. The number of allylic oxidation sites excluding steroid dienone is 2. The number of aliphatic hydroxyl groups is 1. The zero-order chi connectivity index (χ0) is 6.41. The molecule has 0 bridgehead atoms. The molecule has 8 heavy (non-hydrogen) atoms. The van der Waals surface area contributed by atoms with E-state index < -0.39 is 0 Å². The molecule has 1 heteroatoms. The third-order valence-corrected chi connectivity index (χ3v) is 1.09. The summed E-state index contributed by atoms with van der Waals surface area (Å²) in [5.74, 6) is 0.422. The average molecular weight is 114 g/mol. The van der Waals surface area contributed by atoms with Crippen LogP contribution < -0.4 is 0 Å². The van der Waals surface area contributed by atoms with Crippen LogP contribution in [0.1, 0.15) is 20.3 Å². The summed E-state index contributed by atoms with van der Waals surface area (Å²) < 4.78 is 0. The van der Waals surface area contributed by atoms with Gasteiger partial charge in [-0.15, -0.1) is 0 Å². The molecule has 0 radical (unpaired) electrons. The molecule has 0 unspecified atom stereocenters. The highest BCUT2D eigenvalue weighted by Crippen LogP contribution is 1.99. The highest BCUT2D eigenvalue weighted by molar-refractivity contribution is 4.78. The quantitative estimate of drug-likeness (QED) is 0.552. The van der Waals surface area contributed by atoms with E-state index in [2.05, 4.69) is 6.08 Å². The van der Waals surface area contributed by atoms with Gasteiger partial charge in [-0.25, -0.2) is 0 Å². The standard InChI is InChI=1S/C7H14O/c1-3-4-5-7(2)6-8/h3-4,7-8H,5-6H2,1-2H3/b4-3-/t7-/m1/s1. The van der Waals surface area contributed by atoms with E-state index in [-0.39, 0.29) is 0 Å². The van der Waals surface area contributed by atoms with Crippen molar-refractivity contribution in [1.82, 2.24) is 0 Å². The molecular formula is C7H14O. The van der Waals surface area contributed by atoms with Crippen molar-refractivity contribution in [2.24, 2.45) is 5.92 Å². The Hall–Kier alpha value is -0.300. The zero-order valence-corrected chi connectivity index (χ0v) is 5.59. The van der Waals surface area contributed by atoms with Crippen LogP contribution in [0.15, 0.2) is 12.2 Å². The Morgan fingerprint density at radius 1 is 1.62 bits per heavy atom. The third kappa shape index (κ3) is 3.88. The van der Waals surface area contributed by atoms with Crippen molar-refractivity contribution in [3.8, 4) is 0 Å². The molecule has 0 aliphatic carbocycles. The second-order valence-electron chi connectivity index (χ2n) is 2.09. The second kappa shape index (κ2) is 4.85. The highest BCUT2D eigenvalue weighted by atomic mass is 16.3. The van der Waals surface area contributed by atoms with E-state index in [0.717, 1.165) is 6.42 Å². The summed E-state index contributed by atoms with van der Waals surface area (Å²) in [6.07, 6.45) is 5.07. The molecule has 0 aromatic carbocycles. The van der Waals surface area contributed by atoms with E-state index in [1.54, 1.807) is 0 Å². The lowest BCUT2D eigenvalue weighted by atomic mass is 10.1. The Morgan fingerprint density at radius 3 is 2.62 bits per heavy atom. The van der Waals surface area contributed by atoms with E-state index in [1.165, 1.54) is 0 Å². The molecule has 0 aliphatic heterocycles. The van der Waals surface area contributed by atoms with Crippen LogP contribution in [0.4, 0.5) is 0 Å². The van der Waals surface area contributed by atoms with Crippen molar-refractivity contribution in [1.29, 1.82) is 0 Å². The van der Waals surface area contributed by atoms with E-state index in [9.17, 15) is 0 Å². The Kier molecular flexibility index (Phi) is 4.67. The van der Waals surface area contributed by atoms with Crippen molar-refractivity contribution in [2.75, 3.05) is 6.61 Å². The molecule has 1 nitrogen and oxygen atoms in total. The molecule has 0 heterocycles.